The normalized spacial score (nSPS) is 12.0. The molecule has 0 aliphatic heterocycles. The number of aliphatic hydroxyl groups excluding tert-OH is 1. The Balaban J connectivity index is 2.36. The lowest BCUT2D eigenvalue weighted by Crippen LogP contribution is -2.12. The maximum absolute atomic E-state index is 14.1. The van der Waals surface area contributed by atoms with Gasteiger partial charge in [-0.3, -0.25) is 4.99 Å². The summed E-state index contributed by atoms with van der Waals surface area (Å²) in [6, 6.07) is 8.75. The van der Waals surface area contributed by atoms with Gasteiger partial charge in [0.2, 0.25) is 0 Å². The van der Waals surface area contributed by atoms with E-state index in [2.05, 4.69) is 20.9 Å². The van der Waals surface area contributed by atoms with Gasteiger partial charge in [0.25, 0.3) is 0 Å². The zero-order valence-electron chi connectivity index (χ0n) is 15.2. The molecule has 2 aromatic rings. The van der Waals surface area contributed by atoms with Crippen LogP contribution in [0.5, 0.6) is 5.75 Å². The Labute approximate surface area is 169 Å². The highest BCUT2D eigenvalue weighted by Crippen LogP contribution is 2.26. The molecular formula is C20H18BrF2NO4. The molecule has 0 unspecified atom stereocenters. The molecule has 0 atom stereocenters. The van der Waals surface area contributed by atoms with E-state index in [9.17, 15) is 18.7 Å². The van der Waals surface area contributed by atoms with Gasteiger partial charge in [-0.25, -0.2) is 13.6 Å². The molecule has 0 aromatic heterocycles. The quantitative estimate of drug-likeness (QED) is 0.214. The Kier molecular flexibility index (Phi) is 7.69. The summed E-state index contributed by atoms with van der Waals surface area (Å²) in [4.78, 5) is 16.3. The zero-order chi connectivity index (χ0) is 20.7. The number of methoxy groups -OCH3 is 1. The third kappa shape index (κ3) is 5.39. The molecule has 0 amide bonds. The van der Waals surface area contributed by atoms with E-state index >= 15 is 0 Å². The van der Waals surface area contributed by atoms with Crippen molar-refractivity contribution in [2.75, 3.05) is 13.7 Å². The third-order valence-electron chi connectivity index (χ3n) is 3.67. The second-order valence-electron chi connectivity index (χ2n) is 5.55. The predicted molar refractivity (Wildman–Crippen MR) is 105 cm³/mol. The van der Waals surface area contributed by atoms with Crippen LogP contribution < -0.4 is 4.74 Å². The van der Waals surface area contributed by atoms with Crippen LogP contribution in [0.2, 0.25) is 0 Å². The minimum atomic E-state index is -1.02. The number of ether oxygens (including phenoxy) is 2. The first kappa shape index (κ1) is 21.6. The number of hydrogen-bond acceptors (Lipinski definition) is 5. The van der Waals surface area contributed by atoms with Crippen molar-refractivity contribution < 1.29 is 28.2 Å². The van der Waals surface area contributed by atoms with E-state index in [0.29, 0.717) is 11.8 Å². The van der Waals surface area contributed by atoms with Gasteiger partial charge in [0, 0.05) is 12.3 Å². The van der Waals surface area contributed by atoms with Crippen LogP contribution in [-0.2, 0) is 16.1 Å². The van der Waals surface area contributed by atoms with E-state index < -0.39 is 23.4 Å². The smallest absolute Gasteiger partial charge is 0.343 e. The number of aliphatic hydroxyl groups is 1. The van der Waals surface area contributed by atoms with Crippen molar-refractivity contribution >= 4 is 33.9 Å². The van der Waals surface area contributed by atoms with Crippen LogP contribution >= 0.6 is 15.9 Å². The summed E-state index contributed by atoms with van der Waals surface area (Å²) in [5.74, 6) is -2.74. The van der Waals surface area contributed by atoms with Crippen LogP contribution in [0.1, 0.15) is 18.1 Å². The number of nitrogens with zero attached hydrogens (tertiary/aromatic N) is 1. The largest absolute Gasteiger partial charge is 0.506 e. The van der Waals surface area contributed by atoms with E-state index in [1.807, 2.05) is 0 Å². The first-order valence-corrected chi connectivity index (χ1v) is 9.04. The van der Waals surface area contributed by atoms with E-state index in [4.69, 9.17) is 9.47 Å². The second-order valence-corrected chi connectivity index (χ2v) is 6.40. The van der Waals surface area contributed by atoms with Crippen LogP contribution in [0.15, 0.2) is 51.4 Å². The summed E-state index contributed by atoms with van der Waals surface area (Å²) in [5, 5.41) is 10.4. The number of halogens is 3. The van der Waals surface area contributed by atoms with Gasteiger partial charge in [-0.05, 0) is 46.6 Å². The van der Waals surface area contributed by atoms with Crippen molar-refractivity contribution in [2.24, 2.45) is 4.99 Å². The van der Waals surface area contributed by atoms with Gasteiger partial charge in [-0.1, -0.05) is 12.1 Å². The Morgan fingerprint density at radius 3 is 2.50 bits per heavy atom. The van der Waals surface area contributed by atoms with E-state index in [0.717, 1.165) is 17.8 Å². The SMILES string of the molecule is CCOC(=O)C(C=NCc1ccc(OC)cc1)=C(O)c1cc(Br)c(F)cc1F. The van der Waals surface area contributed by atoms with Crippen LogP contribution in [-0.4, -0.2) is 31.0 Å². The molecule has 2 rings (SSSR count). The summed E-state index contributed by atoms with van der Waals surface area (Å²) in [7, 11) is 1.55. The second kappa shape index (κ2) is 9.98. The average Bonchev–Trinajstić information content (AvgIpc) is 2.68. The lowest BCUT2D eigenvalue weighted by atomic mass is 10.1. The molecule has 0 aliphatic rings. The van der Waals surface area contributed by atoms with Gasteiger partial charge in [0.15, 0.2) is 0 Å². The van der Waals surface area contributed by atoms with Crippen molar-refractivity contribution in [1.82, 2.24) is 0 Å². The standard InChI is InChI=1S/C20H18BrF2NO4/c1-3-28-20(26)15(11-24-10-12-4-6-13(27-2)7-5-12)19(25)14-8-16(21)18(23)9-17(14)22/h4-9,11,25H,3,10H2,1-2H3. The van der Waals surface area contributed by atoms with Gasteiger partial charge in [0.05, 0.1) is 30.3 Å². The monoisotopic (exact) mass is 453 g/mol. The minimum absolute atomic E-state index is 0.0531. The number of rotatable bonds is 7. The van der Waals surface area contributed by atoms with Crippen molar-refractivity contribution in [1.29, 1.82) is 0 Å². The van der Waals surface area contributed by atoms with Gasteiger partial charge >= 0.3 is 5.97 Å². The molecule has 1 N–H and O–H groups in total. The predicted octanol–water partition coefficient (Wildman–Crippen LogP) is 4.84. The number of benzene rings is 2. The van der Waals surface area contributed by atoms with Crippen molar-refractivity contribution in [3.8, 4) is 5.75 Å². The molecule has 28 heavy (non-hydrogen) atoms. The van der Waals surface area contributed by atoms with Crippen molar-refractivity contribution in [2.45, 2.75) is 13.5 Å². The summed E-state index contributed by atoms with van der Waals surface area (Å²) in [5.41, 5.74) is 0.135. The summed E-state index contributed by atoms with van der Waals surface area (Å²) >= 11 is 2.92. The first-order chi connectivity index (χ1) is 13.4. The highest BCUT2D eigenvalue weighted by atomic mass is 79.9. The highest BCUT2D eigenvalue weighted by molar-refractivity contribution is 9.10. The molecule has 8 heteroatoms. The van der Waals surface area contributed by atoms with E-state index in [-0.39, 0.29) is 28.8 Å². The Morgan fingerprint density at radius 1 is 1.21 bits per heavy atom. The number of carbonyl (C=O) groups is 1. The molecule has 0 spiro atoms. The van der Waals surface area contributed by atoms with Gasteiger partial charge in [-0.15, -0.1) is 0 Å². The maximum atomic E-state index is 14.1. The fourth-order valence-electron chi connectivity index (χ4n) is 2.24. The third-order valence-corrected chi connectivity index (χ3v) is 4.28. The topological polar surface area (TPSA) is 68.1 Å². The zero-order valence-corrected chi connectivity index (χ0v) is 16.8. The van der Waals surface area contributed by atoms with E-state index in [1.54, 1.807) is 38.3 Å². The Hall–Kier alpha value is -2.74. The summed E-state index contributed by atoms with van der Waals surface area (Å²) in [6.07, 6.45) is 1.11. The van der Waals surface area contributed by atoms with Gasteiger partial charge in [-0.2, -0.15) is 0 Å². The number of esters is 1. The number of carbonyl (C=O) groups excluding carboxylic acids is 1. The fourth-order valence-corrected chi connectivity index (χ4v) is 2.59. The Bertz CT molecular complexity index is 911. The molecule has 0 bridgehead atoms. The molecular weight excluding hydrogens is 436 g/mol. The molecule has 0 radical (unpaired) electrons. The molecule has 0 aliphatic carbocycles. The summed E-state index contributed by atoms with van der Waals surface area (Å²) in [6.45, 7) is 1.85. The molecule has 0 saturated heterocycles. The minimum Gasteiger partial charge on any atom is -0.506 e. The molecule has 0 heterocycles. The molecule has 148 valence electrons. The number of hydrogen-bond donors (Lipinski definition) is 1. The average molecular weight is 454 g/mol. The fraction of sp³-hybridized carbons (Fsp3) is 0.200. The van der Waals surface area contributed by atoms with Crippen molar-refractivity contribution in [3.05, 3.63) is 69.2 Å². The van der Waals surface area contributed by atoms with Gasteiger partial charge in [0.1, 0.15) is 28.7 Å². The van der Waals surface area contributed by atoms with Crippen LogP contribution in [0.4, 0.5) is 8.78 Å². The van der Waals surface area contributed by atoms with E-state index in [1.165, 1.54) is 0 Å². The number of aliphatic imine (C=N–C) groups is 1. The first-order valence-electron chi connectivity index (χ1n) is 8.25. The van der Waals surface area contributed by atoms with Crippen LogP contribution in [0, 0.1) is 11.6 Å². The lowest BCUT2D eigenvalue weighted by molar-refractivity contribution is -0.137. The molecule has 5 nitrogen and oxygen atoms in total. The van der Waals surface area contributed by atoms with Crippen LogP contribution in [0.3, 0.4) is 0 Å². The highest BCUT2D eigenvalue weighted by Gasteiger charge is 2.20. The Morgan fingerprint density at radius 2 is 1.89 bits per heavy atom. The van der Waals surface area contributed by atoms with Gasteiger partial charge < -0.3 is 14.6 Å². The molecule has 2 aromatic carbocycles. The molecule has 0 saturated carbocycles. The maximum Gasteiger partial charge on any atom is 0.343 e. The van der Waals surface area contributed by atoms with Crippen molar-refractivity contribution in [3.63, 3.8) is 0 Å². The molecule has 0 fully saturated rings. The lowest BCUT2D eigenvalue weighted by Gasteiger charge is -2.09. The van der Waals surface area contributed by atoms with Crippen LogP contribution in [0.25, 0.3) is 5.76 Å². The summed E-state index contributed by atoms with van der Waals surface area (Å²) < 4.78 is 37.4.